The third kappa shape index (κ3) is 2.15. The Morgan fingerprint density at radius 1 is 1.47 bits per heavy atom. The molecule has 78 valence electrons. The molecule has 0 bridgehead atoms. The van der Waals surface area contributed by atoms with Crippen molar-refractivity contribution in [2.45, 2.75) is 0 Å². The van der Waals surface area contributed by atoms with E-state index in [4.69, 9.17) is 5.73 Å². The third-order valence-electron chi connectivity index (χ3n) is 1.87. The number of nitrogens with zero attached hydrogens (tertiary/aromatic N) is 2. The molecule has 1 heterocycles. The monoisotopic (exact) mass is 381 g/mol. The van der Waals surface area contributed by atoms with Gasteiger partial charge in [-0.1, -0.05) is 0 Å². The molecule has 0 spiro atoms. The van der Waals surface area contributed by atoms with Crippen LogP contribution in [0.25, 0.3) is 5.69 Å². The van der Waals surface area contributed by atoms with Gasteiger partial charge in [0.2, 0.25) is 0 Å². The molecule has 0 aliphatic carbocycles. The van der Waals surface area contributed by atoms with E-state index >= 15 is 0 Å². The van der Waals surface area contributed by atoms with Crippen LogP contribution in [0.15, 0.2) is 29.0 Å². The van der Waals surface area contributed by atoms with Crippen molar-refractivity contribution in [3.63, 3.8) is 0 Å². The summed E-state index contributed by atoms with van der Waals surface area (Å²) in [6, 6.07) is 2.88. The van der Waals surface area contributed by atoms with Gasteiger partial charge < -0.3 is 5.73 Å². The quantitative estimate of drug-likeness (QED) is 0.609. The molecule has 0 unspecified atom stereocenters. The van der Waals surface area contributed by atoms with Gasteiger partial charge in [-0.05, 0) is 44.6 Å². The average molecular weight is 382 g/mol. The molecule has 0 aliphatic rings. The first-order valence-corrected chi connectivity index (χ1v) is 5.90. The lowest BCUT2D eigenvalue weighted by Crippen LogP contribution is -2.01. The molecule has 0 saturated heterocycles. The molecule has 0 atom stereocenters. The van der Waals surface area contributed by atoms with E-state index < -0.39 is 0 Å². The van der Waals surface area contributed by atoms with Crippen LogP contribution in [0.2, 0.25) is 0 Å². The second kappa shape index (κ2) is 4.09. The highest BCUT2D eigenvalue weighted by Gasteiger charge is 2.08. The number of halogens is 3. The maximum absolute atomic E-state index is 13.1. The second-order valence-electron chi connectivity index (χ2n) is 2.93. The van der Waals surface area contributed by atoms with Crippen molar-refractivity contribution in [2.75, 3.05) is 5.73 Å². The Kier molecular flexibility index (Phi) is 2.96. The zero-order valence-electron chi connectivity index (χ0n) is 7.42. The summed E-state index contributed by atoms with van der Waals surface area (Å²) in [5.74, 6) is -0.377. The largest absolute Gasteiger partial charge is 0.397 e. The van der Waals surface area contributed by atoms with Gasteiger partial charge in [-0.2, -0.15) is 5.10 Å². The summed E-state index contributed by atoms with van der Waals surface area (Å²) in [7, 11) is 0. The van der Waals surface area contributed by atoms with E-state index in [1.807, 2.05) is 6.20 Å². The van der Waals surface area contributed by atoms with Gasteiger partial charge in [0.1, 0.15) is 5.82 Å². The molecule has 0 radical (unpaired) electrons. The highest BCUT2D eigenvalue weighted by atomic mass is 127. The second-order valence-corrected chi connectivity index (χ2v) is 5.03. The zero-order chi connectivity index (χ0) is 11.0. The molecular formula is C9H6BrFIN3. The predicted octanol–water partition coefficient (Wildman–Crippen LogP) is 2.96. The fraction of sp³-hybridized carbons (Fsp3) is 0. The average Bonchev–Trinajstić information content (AvgIpc) is 2.58. The van der Waals surface area contributed by atoms with Crippen LogP contribution < -0.4 is 5.73 Å². The molecule has 0 amide bonds. The number of aromatic nitrogens is 2. The maximum Gasteiger partial charge on any atom is 0.139 e. The van der Waals surface area contributed by atoms with Crippen molar-refractivity contribution in [2.24, 2.45) is 0 Å². The summed E-state index contributed by atoms with van der Waals surface area (Å²) in [6.07, 6.45) is 3.52. The smallest absolute Gasteiger partial charge is 0.139 e. The van der Waals surface area contributed by atoms with Gasteiger partial charge in [0.05, 0.1) is 25.6 Å². The van der Waals surface area contributed by atoms with E-state index in [1.165, 1.54) is 6.07 Å². The van der Waals surface area contributed by atoms with Crippen LogP contribution in [-0.2, 0) is 0 Å². The highest BCUT2D eigenvalue weighted by molar-refractivity contribution is 14.1. The van der Waals surface area contributed by atoms with Crippen molar-refractivity contribution in [3.05, 3.63) is 38.4 Å². The van der Waals surface area contributed by atoms with Gasteiger partial charge in [0, 0.05) is 12.3 Å². The maximum atomic E-state index is 13.1. The number of nitrogen functional groups attached to an aromatic ring is 1. The minimum atomic E-state index is -0.377. The summed E-state index contributed by atoms with van der Waals surface area (Å²) in [5, 5.41) is 4.10. The van der Waals surface area contributed by atoms with E-state index in [0.717, 1.165) is 3.57 Å². The van der Waals surface area contributed by atoms with Crippen LogP contribution in [0.1, 0.15) is 0 Å². The van der Waals surface area contributed by atoms with Gasteiger partial charge >= 0.3 is 0 Å². The normalized spacial score (nSPS) is 10.6. The van der Waals surface area contributed by atoms with Gasteiger partial charge in [-0.15, -0.1) is 0 Å². The summed E-state index contributed by atoms with van der Waals surface area (Å²) >= 11 is 5.26. The first-order valence-electron chi connectivity index (χ1n) is 4.03. The Labute approximate surface area is 108 Å². The molecule has 0 saturated carbocycles. The number of nitrogens with two attached hydrogens (primary N) is 1. The lowest BCUT2D eigenvalue weighted by Gasteiger charge is -2.06. The van der Waals surface area contributed by atoms with E-state index in [9.17, 15) is 4.39 Å². The fourth-order valence-electron chi connectivity index (χ4n) is 1.18. The lowest BCUT2D eigenvalue weighted by molar-refractivity contribution is 0.621. The van der Waals surface area contributed by atoms with Crippen molar-refractivity contribution in [1.29, 1.82) is 0 Å². The van der Waals surface area contributed by atoms with Crippen molar-refractivity contribution in [1.82, 2.24) is 9.78 Å². The van der Waals surface area contributed by atoms with Crippen LogP contribution in [0.3, 0.4) is 0 Å². The first kappa shape index (κ1) is 10.9. The number of hydrogen-bond donors (Lipinski definition) is 1. The topological polar surface area (TPSA) is 43.8 Å². The number of benzene rings is 1. The van der Waals surface area contributed by atoms with Crippen molar-refractivity contribution < 1.29 is 4.39 Å². The third-order valence-corrected chi connectivity index (χ3v) is 3.03. The molecule has 1 aromatic heterocycles. The molecule has 2 N–H and O–H groups in total. The summed E-state index contributed by atoms with van der Waals surface area (Å²) in [5.41, 5.74) is 6.72. The van der Waals surface area contributed by atoms with Gasteiger partial charge in [0.25, 0.3) is 0 Å². The van der Waals surface area contributed by atoms with Crippen LogP contribution in [0.4, 0.5) is 10.1 Å². The summed E-state index contributed by atoms with van der Waals surface area (Å²) in [4.78, 5) is 0. The van der Waals surface area contributed by atoms with Gasteiger partial charge in [-0.3, -0.25) is 0 Å². The zero-order valence-corrected chi connectivity index (χ0v) is 11.2. The van der Waals surface area contributed by atoms with Gasteiger partial charge in [-0.25, -0.2) is 9.07 Å². The minimum Gasteiger partial charge on any atom is -0.397 e. The Balaban J connectivity index is 2.58. The van der Waals surface area contributed by atoms with Crippen LogP contribution >= 0.6 is 38.5 Å². The number of anilines is 1. The van der Waals surface area contributed by atoms with E-state index in [0.29, 0.717) is 15.8 Å². The van der Waals surface area contributed by atoms with E-state index in [-0.39, 0.29) is 5.82 Å². The Morgan fingerprint density at radius 3 is 2.80 bits per heavy atom. The molecule has 0 fully saturated rings. The molecule has 0 aliphatic heterocycles. The number of hydrogen-bond acceptors (Lipinski definition) is 2. The SMILES string of the molecule is Nc1cc(F)c(Br)cc1-n1cc(I)cn1. The molecule has 2 aromatic rings. The van der Waals surface area contributed by atoms with E-state index in [1.54, 1.807) is 16.9 Å². The van der Waals surface area contributed by atoms with Gasteiger partial charge in [0.15, 0.2) is 0 Å². The predicted molar refractivity (Wildman–Crippen MR) is 68.4 cm³/mol. The first-order chi connectivity index (χ1) is 7.08. The molecular weight excluding hydrogens is 376 g/mol. The Morgan fingerprint density at radius 2 is 2.20 bits per heavy atom. The molecule has 2 rings (SSSR count). The molecule has 15 heavy (non-hydrogen) atoms. The van der Waals surface area contributed by atoms with Crippen LogP contribution in [0.5, 0.6) is 0 Å². The van der Waals surface area contributed by atoms with Crippen LogP contribution in [0, 0.1) is 9.39 Å². The van der Waals surface area contributed by atoms with Crippen molar-refractivity contribution in [3.8, 4) is 5.69 Å². The lowest BCUT2D eigenvalue weighted by atomic mass is 10.2. The molecule has 3 nitrogen and oxygen atoms in total. The Bertz CT molecular complexity index is 512. The summed E-state index contributed by atoms with van der Waals surface area (Å²) < 4.78 is 16.1. The highest BCUT2D eigenvalue weighted by Crippen LogP contribution is 2.25. The van der Waals surface area contributed by atoms with Crippen molar-refractivity contribution >= 4 is 44.2 Å². The van der Waals surface area contributed by atoms with E-state index in [2.05, 4.69) is 43.6 Å². The summed E-state index contributed by atoms with van der Waals surface area (Å²) in [6.45, 7) is 0. The fourth-order valence-corrected chi connectivity index (χ4v) is 1.90. The van der Waals surface area contributed by atoms with Crippen LogP contribution in [-0.4, -0.2) is 9.78 Å². The standard InChI is InChI=1S/C9H6BrFIN3/c10-6-1-9(8(13)2-7(6)11)15-4-5(12)3-14-15/h1-4H,13H2. The Hall–Kier alpha value is -0.630. The minimum absolute atomic E-state index is 0.357. The molecule has 1 aromatic carbocycles. The number of rotatable bonds is 1. The molecule has 6 heteroatoms.